The quantitative estimate of drug-likeness (QED) is 0.725. The number of H-pyrrole nitrogens is 2. The van der Waals surface area contributed by atoms with Gasteiger partial charge in [0.15, 0.2) is 0 Å². The predicted octanol–water partition coefficient (Wildman–Crippen LogP) is 1.19. The average molecular weight is 348 g/mol. The van der Waals surface area contributed by atoms with Gasteiger partial charge in [0.25, 0.3) is 5.56 Å². The van der Waals surface area contributed by atoms with Crippen LogP contribution in [0.25, 0.3) is 21.8 Å². The van der Waals surface area contributed by atoms with Crippen LogP contribution in [-0.4, -0.2) is 61.8 Å². The molecule has 0 atom stereocenters. The molecular formula is C16H20N4O3S. The fraction of sp³-hybridized carbons (Fsp3) is 0.312. The molecule has 0 fully saturated rings. The van der Waals surface area contributed by atoms with Crippen molar-refractivity contribution < 1.29 is 8.42 Å². The van der Waals surface area contributed by atoms with Crippen LogP contribution in [0.3, 0.4) is 0 Å². The molecule has 3 aromatic rings. The maximum absolute atomic E-state index is 12.8. The van der Waals surface area contributed by atoms with Crippen LogP contribution >= 0.6 is 0 Å². The monoisotopic (exact) mass is 348 g/mol. The minimum Gasteiger partial charge on any atom is -0.357 e. The molecule has 0 aliphatic heterocycles. The van der Waals surface area contributed by atoms with Crippen molar-refractivity contribution in [2.24, 2.45) is 0 Å². The van der Waals surface area contributed by atoms with Crippen LogP contribution < -0.4 is 5.56 Å². The second-order valence-electron chi connectivity index (χ2n) is 6.06. The average Bonchev–Trinajstić information content (AvgIpc) is 3.02. The summed E-state index contributed by atoms with van der Waals surface area (Å²) < 4.78 is 26.9. The Morgan fingerprint density at radius 3 is 2.50 bits per heavy atom. The van der Waals surface area contributed by atoms with Crippen molar-refractivity contribution in [1.29, 1.82) is 0 Å². The lowest BCUT2D eigenvalue weighted by atomic mass is 10.1. The van der Waals surface area contributed by atoms with E-state index in [9.17, 15) is 13.2 Å². The fourth-order valence-electron chi connectivity index (χ4n) is 2.62. The lowest BCUT2D eigenvalue weighted by Crippen LogP contribution is -2.33. The molecule has 8 heteroatoms. The molecule has 0 aliphatic carbocycles. The summed E-state index contributed by atoms with van der Waals surface area (Å²) in [5.41, 5.74) is 0.834. The summed E-state index contributed by atoms with van der Waals surface area (Å²) >= 11 is 0. The number of nitrogens with one attached hydrogen (secondary N) is 2. The highest BCUT2D eigenvalue weighted by Crippen LogP contribution is 2.24. The molecule has 7 nitrogen and oxygen atoms in total. The van der Waals surface area contributed by atoms with E-state index in [0.717, 1.165) is 0 Å². The topological polar surface area (TPSA) is 89.3 Å². The number of aromatic nitrogens is 2. The van der Waals surface area contributed by atoms with Gasteiger partial charge in [-0.05, 0) is 38.4 Å². The van der Waals surface area contributed by atoms with Crippen LogP contribution in [-0.2, 0) is 10.0 Å². The van der Waals surface area contributed by atoms with Crippen LogP contribution in [0, 0.1) is 0 Å². The number of nitrogens with zero attached hydrogens (tertiary/aromatic N) is 2. The second kappa shape index (κ2) is 6.04. The molecule has 128 valence electrons. The van der Waals surface area contributed by atoms with E-state index in [4.69, 9.17) is 0 Å². The number of hydrogen-bond acceptors (Lipinski definition) is 4. The maximum atomic E-state index is 12.8. The van der Waals surface area contributed by atoms with Crippen molar-refractivity contribution in [2.75, 3.05) is 34.2 Å². The first-order valence-electron chi connectivity index (χ1n) is 7.55. The zero-order chi connectivity index (χ0) is 17.5. The lowest BCUT2D eigenvalue weighted by molar-refractivity contribution is 0.358. The van der Waals surface area contributed by atoms with Gasteiger partial charge < -0.3 is 14.9 Å². The predicted molar refractivity (Wildman–Crippen MR) is 94.8 cm³/mol. The van der Waals surface area contributed by atoms with E-state index in [1.165, 1.54) is 10.4 Å². The molecule has 0 amide bonds. The largest absolute Gasteiger partial charge is 0.357 e. The highest BCUT2D eigenvalue weighted by molar-refractivity contribution is 7.89. The van der Waals surface area contributed by atoms with Gasteiger partial charge in [0.1, 0.15) is 5.52 Å². The van der Waals surface area contributed by atoms with Crippen LogP contribution in [0.4, 0.5) is 0 Å². The van der Waals surface area contributed by atoms with Gasteiger partial charge in [-0.1, -0.05) is 0 Å². The van der Waals surface area contributed by atoms with Crippen molar-refractivity contribution in [2.45, 2.75) is 4.90 Å². The van der Waals surface area contributed by atoms with Crippen LogP contribution in [0.1, 0.15) is 0 Å². The highest BCUT2D eigenvalue weighted by Gasteiger charge is 2.21. The smallest absolute Gasteiger partial charge is 0.272 e. The van der Waals surface area contributed by atoms with Crippen molar-refractivity contribution in [1.82, 2.24) is 19.2 Å². The Balaban J connectivity index is 2.10. The molecule has 0 aliphatic rings. The number of sulfonamides is 1. The number of pyridine rings is 1. The molecule has 0 bridgehead atoms. The van der Waals surface area contributed by atoms with E-state index in [-0.39, 0.29) is 10.5 Å². The third-order valence-corrected chi connectivity index (χ3v) is 5.93. The normalized spacial score (nSPS) is 12.7. The number of rotatable bonds is 5. The van der Waals surface area contributed by atoms with Crippen LogP contribution in [0.2, 0.25) is 0 Å². The number of benzene rings is 1. The summed E-state index contributed by atoms with van der Waals surface area (Å²) in [6, 6.07) is 6.55. The number of fused-ring (bicyclic) bond motifs is 3. The van der Waals surface area contributed by atoms with Gasteiger partial charge >= 0.3 is 0 Å². The van der Waals surface area contributed by atoms with Crippen molar-refractivity contribution in [3.63, 3.8) is 0 Å². The molecule has 24 heavy (non-hydrogen) atoms. The van der Waals surface area contributed by atoms with Gasteiger partial charge in [-0.2, -0.15) is 4.31 Å². The standard InChI is InChI=1S/C16H20N4O3S/c1-19(2)8-9-20(3)24(22,23)11-4-5-14-13(10-11)12-6-7-17-15(12)16(21)18-14/h4-7,10,17H,8-9H2,1-3H3,(H,18,21). The van der Waals surface area contributed by atoms with E-state index >= 15 is 0 Å². The Hall–Kier alpha value is -2.16. The first-order valence-corrected chi connectivity index (χ1v) is 8.99. The van der Waals surface area contributed by atoms with Crippen molar-refractivity contribution in [3.8, 4) is 0 Å². The van der Waals surface area contributed by atoms with Crippen molar-refractivity contribution >= 4 is 31.8 Å². The Bertz CT molecular complexity index is 1050. The number of likely N-dealkylation sites (N-methyl/N-ethyl adjacent to an activating group) is 2. The third-order valence-electron chi connectivity index (χ3n) is 4.07. The van der Waals surface area contributed by atoms with Gasteiger partial charge in [0.2, 0.25) is 10.0 Å². The van der Waals surface area contributed by atoms with Gasteiger partial charge in [-0.3, -0.25) is 4.79 Å². The molecule has 0 saturated heterocycles. The Morgan fingerprint density at radius 1 is 1.04 bits per heavy atom. The van der Waals surface area contributed by atoms with Gasteiger partial charge in [-0.25, -0.2) is 8.42 Å². The summed E-state index contributed by atoms with van der Waals surface area (Å²) in [7, 11) is 1.78. The number of hydrogen-bond donors (Lipinski definition) is 2. The zero-order valence-corrected chi connectivity index (χ0v) is 14.6. The van der Waals surface area contributed by atoms with Crippen molar-refractivity contribution in [3.05, 3.63) is 40.8 Å². The summed E-state index contributed by atoms with van der Waals surface area (Å²) in [6.07, 6.45) is 1.67. The highest BCUT2D eigenvalue weighted by atomic mass is 32.2. The first kappa shape index (κ1) is 16.7. The third kappa shape index (κ3) is 2.83. The first-order chi connectivity index (χ1) is 11.3. The second-order valence-corrected chi connectivity index (χ2v) is 8.10. The van der Waals surface area contributed by atoms with Gasteiger partial charge in [0.05, 0.1) is 4.90 Å². The van der Waals surface area contributed by atoms with E-state index in [0.29, 0.717) is 34.9 Å². The molecule has 2 aromatic heterocycles. The summed E-state index contributed by atoms with van der Waals surface area (Å²) in [6.45, 7) is 1.04. The van der Waals surface area contributed by atoms with Crippen LogP contribution in [0.5, 0.6) is 0 Å². The molecule has 2 heterocycles. The van der Waals surface area contributed by atoms with Gasteiger partial charge in [-0.15, -0.1) is 0 Å². The maximum Gasteiger partial charge on any atom is 0.272 e. The van der Waals surface area contributed by atoms with Crippen LogP contribution in [0.15, 0.2) is 40.2 Å². The molecule has 0 spiro atoms. The van der Waals surface area contributed by atoms with E-state index in [2.05, 4.69) is 9.97 Å². The zero-order valence-electron chi connectivity index (χ0n) is 13.8. The summed E-state index contributed by atoms with van der Waals surface area (Å²) in [5, 5.41) is 1.41. The fourth-order valence-corrected chi connectivity index (χ4v) is 3.81. The number of aromatic amines is 2. The Morgan fingerprint density at radius 2 is 1.79 bits per heavy atom. The molecular weight excluding hydrogens is 328 g/mol. The van der Waals surface area contributed by atoms with E-state index in [1.54, 1.807) is 31.4 Å². The van der Waals surface area contributed by atoms with E-state index < -0.39 is 10.0 Å². The Kier molecular flexibility index (Phi) is 4.20. The lowest BCUT2D eigenvalue weighted by Gasteiger charge is -2.19. The molecule has 0 unspecified atom stereocenters. The molecule has 0 radical (unpaired) electrons. The Labute approximate surface area is 139 Å². The van der Waals surface area contributed by atoms with E-state index in [1.807, 2.05) is 19.0 Å². The summed E-state index contributed by atoms with van der Waals surface area (Å²) in [5.74, 6) is 0. The summed E-state index contributed by atoms with van der Waals surface area (Å²) in [4.78, 5) is 19.8. The molecule has 3 rings (SSSR count). The molecule has 0 saturated carbocycles. The molecule has 2 N–H and O–H groups in total. The SMILES string of the molecule is CN(C)CCN(C)S(=O)(=O)c1ccc2[nH]c(=O)c3[nH]ccc3c2c1. The minimum absolute atomic E-state index is 0.214. The minimum atomic E-state index is -3.58. The molecule has 1 aromatic carbocycles. The van der Waals surface area contributed by atoms with Gasteiger partial charge in [0, 0.05) is 42.6 Å².